The van der Waals surface area contributed by atoms with Gasteiger partial charge in [0.25, 0.3) is 0 Å². The number of rotatable bonds is 4. The maximum Gasteiger partial charge on any atom is 0.166 e. The molecule has 0 aromatic heterocycles. The molecule has 4 heteroatoms. The summed E-state index contributed by atoms with van der Waals surface area (Å²) in [4.78, 5) is 24.0. The summed E-state index contributed by atoms with van der Waals surface area (Å²) in [6.07, 6.45) is 3.80. The van der Waals surface area contributed by atoms with E-state index in [-0.39, 0.29) is 11.8 Å². The van der Waals surface area contributed by atoms with Gasteiger partial charge in [0.15, 0.2) is 5.78 Å². The molecule has 0 aliphatic carbocycles. The minimum absolute atomic E-state index is 0.156. The number of piperidine rings is 2. The van der Waals surface area contributed by atoms with E-state index in [4.69, 9.17) is 0 Å². The molecule has 0 unspecified atom stereocenters. The van der Waals surface area contributed by atoms with Gasteiger partial charge in [-0.2, -0.15) is 0 Å². The van der Waals surface area contributed by atoms with Crippen LogP contribution in [0.15, 0.2) is 30.3 Å². The predicted octanol–water partition coefficient (Wildman–Crippen LogP) is 2.80. The Kier molecular flexibility index (Phi) is 5.23. The van der Waals surface area contributed by atoms with Crippen LogP contribution in [0.2, 0.25) is 0 Å². The second kappa shape index (κ2) is 7.37. The largest absolute Gasteiger partial charge is 0.300 e. The fraction of sp³-hybridized carbons (Fsp3) is 0.579. The van der Waals surface area contributed by atoms with Crippen molar-refractivity contribution in [1.29, 1.82) is 0 Å². The van der Waals surface area contributed by atoms with Gasteiger partial charge in [0, 0.05) is 43.6 Å². The molecule has 3 rings (SSSR count). The Labute approximate surface area is 138 Å². The topological polar surface area (TPSA) is 40.6 Å². The number of benzene rings is 1. The van der Waals surface area contributed by atoms with Crippen LogP contribution in [0, 0.1) is 11.8 Å². The van der Waals surface area contributed by atoms with Gasteiger partial charge in [0.1, 0.15) is 5.78 Å². The molecule has 0 spiro atoms. The molecule has 0 radical (unpaired) electrons. The van der Waals surface area contributed by atoms with Gasteiger partial charge in [-0.25, -0.2) is 10.0 Å². The molecule has 0 atom stereocenters. The quantitative estimate of drug-likeness (QED) is 0.801. The van der Waals surface area contributed by atoms with Crippen LogP contribution in [-0.2, 0) is 4.79 Å². The average Bonchev–Trinajstić information content (AvgIpc) is 2.62. The first-order chi connectivity index (χ1) is 11.1. The van der Waals surface area contributed by atoms with Gasteiger partial charge >= 0.3 is 0 Å². The number of carbonyl (C=O) groups excluding carboxylic acids is 2. The van der Waals surface area contributed by atoms with Crippen LogP contribution in [0.25, 0.3) is 0 Å². The van der Waals surface area contributed by atoms with E-state index >= 15 is 0 Å². The lowest BCUT2D eigenvalue weighted by atomic mass is 9.89. The van der Waals surface area contributed by atoms with Crippen LogP contribution in [0.3, 0.4) is 0 Å². The lowest BCUT2D eigenvalue weighted by molar-refractivity contribution is -0.125. The first-order valence-electron chi connectivity index (χ1n) is 8.74. The molecule has 0 bridgehead atoms. The third-order valence-electron chi connectivity index (χ3n) is 5.35. The lowest BCUT2D eigenvalue weighted by Gasteiger charge is -2.42. The highest BCUT2D eigenvalue weighted by atomic mass is 16.1. The Hall–Kier alpha value is -1.52. The fourth-order valence-corrected chi connectivity index (χ4v) is 3.80. The van der Waals surface area contributed by atoms with Crippen LogP contribution >= 0.6 is 0 Å². The Morgan fingerprint density at radius 2 is 1.30 bits per heavy atom. The van der Waals surface area contributed by atoms with Crippen molar-refractivity contribution >= 4 is 11.6 Å². The SMILES string of the molecule is CC(=O)C1CCN(N2CCC(C(=O)c3ccccc3)CC2)CC1. The molecule has 2 aliphatic rings. The van der Waals surface area contributed by atoms with Gasteiger partial charge in [-0.15, -0.1) is 0 Å². The van der Waals surface area contributed by atoms with Gasteiger partial charge < -0.3 is 0 Å². The highest BCUT2D eigenvalue weighted by Gasteiger charge is 2.30. The summed E-state index contributed by atoms with van der Waals surface area (Å²) in [5.74, 6) is 1.03. The van der Waals surface area contributed by atoms with Gasteiger partial charge in [-0.05, 0) is 32.6 Å². The lowest BCUT2D eigenvalue weighted by Crippen LogP contribution is -2.51. The van der Waals surface area contributed by atoms with Crippen LogP contribution in [0.5, 0.6) is 0 Å². The third-order valence-corrected chi connectivity index (χ3v) is 5.35. The second-order valence-corrected chi connectivity index (χ2v) is 6.80. The molecule has 124 valence electrons. The van der Waals surface area contributed by atoms with Gasteiger partial charge in [-0.1, -0.05) is 30.3 Å². The van der Waals surface area contributed by atoms with Gasteiger partial charge in [-0.3, -0.25) is 9.59 Å². The average molecular weight is 314 g/mol. The van der Waals surface area contributed by atoms with Crippen molar-refractivity contribution in [2.75, 3.05) is 26.2 Å². The maximum absolute atomic E-state index is 12.5. The number of hydrogen-bond donors (Lipinski definition) is 0. The Balaban J connectivity index is 1.49. The monoisotopic (exact) mass is 314 g/mol. The minimum atomic E-state index is 0.156. The Bertz CT molecular complexity index is 542. The zero-order valence-corrected chi connectivity index (χ0v) is 13.9. The van der Waals surface area contributed by atoms with Crippen molar-refractivity contribution in [2.24, 2.45) is 11.8 Å². The first-order valence-corrected chi connectivity index (χ1v) is 8.74. The summed E-state index contributed by atoms with van der Waals surface area (Å²) in [5, 5.41) is 4.79. The summed E-state index contributed by atoms with van der Waals surface area (Å²) in [6.45, 7) is 5.56. The van der Waals surface area contributed by atoms with Crippen molar-refractivity contribution < 1.29 is 9.59 Å². The van der Waals surface area contributed by atoms with Crippen molar-refractivity contribution in [3.05, 3.63) is 35.9 Å². The number of Topliss-reactive ketones (excluding diaryl/α,β-unsaturated/α-hetero) is 2. The van der Waals surface area contributed by atoms with E-state index < -0.39 is 0 Å². The molecule has 0 amide bonds. The second-order valence-electron chi connectivity index (χ2n) is 6.80. The summed E-state index contributed by atoms with van der Waals surface area (Å²) >= 11 is 0. The van der Waals surface area contributed by atoms with Crippen molar-refractivity contribution in [2.45, 2.75) is 32.6 Å². The molecular weight excluding hydrogens is 288 g/mol. The molecule has 4 nitrogen and oxygen atoms in total. The van der Waals surface area contributed by atoms with E-state index in [1.165, 1.54) is 0 Å². The molecule has 2 aliphatic heterocycles. The third kappa shape index (κ3) is 3.88. The van der Waals surface area contributed by atoms with Gasteiger partial charge in [0.2, 0.25) is 0 Å². The predicted molar refractivity (Wildman–Crippen MR) is 90.0 cm³/mol. The molecule has 23 heavy (non-hydrogen) atoms. The van der Waals surface area contributed by atoms with E-state index in [1.54, 1.807) is 6.92 Å². The molecule has 1 aromatic rings. The highest BCUT2D eigenvalue weighted by Crippen LogP contribution is 2.25. The Morgan fingerprint density at radius 3 is 1.78 bits per heavy atom. The van der Waals surface area contributed by atoms with E-state index in [1.807, 2.05) is 30.3 Å². The Morgan fingerprint density at radius 1 is 0.826 bits per heavy atom. The van der Waals surface area contributed by atoms with Crippen molar-refractivity contribution in [1.82, 2.24) is 10.0 Å². The fourth-order valence-electron chi connectivity index (χ4n) is 3.80. The minimum Gasteiger partial charge on any atom is -0.300 e. The number of hydrogen-bond acceptors (Lipinski definition) is 4. The van der Waals surface area contributed by atoms with Crippen molar-refractivity contribution in [3.63, 3.8) is 0 Å². The zero-order chi connectivity index (χ0) is 16.2. The van der Waals surface area contributed by atoms with Gasteiger partial charge in [0.05, 0.1) is 0 Å². The van der Waals surface area contributed by atoms with Crippen molar-refractivity contribution in [3.8, 4) is 0 Å². The molecule has 2 fully saturated rings. The summed E-state index contributed by atoms with van der Waals surface area (Å²) in [6, 6.07) is 9.65. The summed E-state index contributed by atoms with van der Waals surface area (Å²) in [7, 11) is 0. The van der Waals surface area contributed by atoms with Crippen LogP contribution in [0.4, 0.5) is 0 Å². The van der Waals surface area contributed by atoms with E-state index in [0.29, 0.717) is 11.6 Å². The summed E-state index contributed by atoms with van der Waals surface area (Å²) < 4.78 is 0. The van der Waals surface area contributed by atoms with E-state index in [2.05, 4.69) is 10.0 Å². The summed E-state index contributed by atoms with van der Waals surface area (Å²) in [5.41, 5.74) is 0.841. The van der Waals surface area contributed by atoms with Crippen LogP contribution < -0.4 is 0 Å². The standard InChI is InChI=1S/C19H26N2O2/c1-15(22)16-7-11-20(12-8-16)21-13-9-18(10-14-21)19(23)17-5-3-2-4-6-17/h2-6,16,18H,7-14H2,1H3. The smallest absolute Gasteiger partial charge is 0.166 e. The van der Waals surface area contributed by atoms with Crippen LogP contribution in [-0.4, -0.2) is 47.8 Å². The zero-order valence-electron chi connectivity index (χ0n) is 13.9. The number of carbonyl (C=O) groups is 2. The molecule has 0 saturated carbocycles. The number of nitrogens with zero attached hydrogens (tertiary/aromatic N) is 2. The first kappa shape index (κ1) is 16.3. The molecule has 2 saturated heterocycles. The molecule has 2 heterocycles. The maximum atomic E-state index is 12.5. The molecule has 0 N–H and O–H groups in total. The van der Waals surface area contributed by atoms with E-state index in [0.717, 1.165) is 57.4 Å². The molecule has 1 aromatic carbocycles. The van der Waals surface area contributed by atoms with Crippen LogP contribution in [0.1, 0.15) is 43.0 Å². The highest BCUT2D eigenvalue weighted by molar-refractivity contribution is 5.97. The van der Waals surface area contributed by atoms with E-state index in [9.17, 15) is 9.59 Å². The normalized spacial score (nSPS) is 22.1. The number of ketones is 2. The molecular formula is C19H26N2O2. The number of hydrazine groups is 1.